The quantitative estimate of drug-likeness (QED) is 0.796. The van der Waals surface area contributed by atoms with Gasteiger partial charge in [0.15, 0.2) is 5.69 Å². The van der Waals surface area contributed by atoms with Gasteiger partial charge in [-0.3, -0.25) is 0 Å². The number of nitrogens with zero attached hydrogens (tertiary/aromatic N) is 3. The number of esters is 1. The fraction of sp³-hybridized carbons (Fsp3) is 0.800. The van der Waals surface area contributed by atoms with Crippen molar-refractivity contribution in [1.29, 1.82) is 0 Å². The summed E-state index contributed by atoms with van der Waals surface area (Å²) < 4.78 is 40.3. The van der Waals surface area contributed by atoms with Crippen LogP contribution in [0.15, 0.2) is 0 Å². The zero-order valence-electron chi connectivity index (χ0n) is 13.9. The SMILES string of the molecule is COC(=O)COC1CCc2c(nnn2C(C)(C)C)C(F)(F)CC1. The van der Waals surface area contributed by atoms with E-state index in [0.717, 1.165) is 0 Å². The van der Waals surface area contributed by atoms with E-state index in [-0.39, 0.29) is 25.1 Å². The van der Waals surface area contributed by atoms with Crippen LogP contribution in [0.3, 0.4) is 0 Å². The van der Waals surface area contributed by atoms with Crippen LogP contribution in [0.2, 0.25) is 0 Å². The molecule has 23 heavy (non-hydrogen) atoms. The van der Waals surface area contributed by atoms with Gasteiger partial charge in [-0.05, 0) is 40.0 Å². The molecular formula is C15H23F2N3O3. The van der Waals surface area contributed by atoms with Gasteiger partial charge < -0.3 is 9.47 Å². The lowest BCUT2D eigenvalue weighted by Crippen LogP contribution is -2.30. The van der Waals surface area contributed by atoms with E-state index in [4.69, 9.17) is 4.74 Å². The number of carbonyl (C=O) groups excluding carboxylic acids is 1. The zero-order valence-corrected chi connectivity index (χ0v) is 13.9. The van der Waals surface area contributed by atoms with E-state index >= 15 is 0 Å². The van der Waals surface area contributed by atoms with Crippen molar-refractivity contribution in [3.63, 3.8) is 0 Å². The summed E-state index contributed by atoms with van der Waals surface area (Å²) in [4.78, 5) is 11.2. The second-order valence-electron chi connectivity index (χ2n) is 6.76. The summed E-state index contributed by atoms with van der Waals surface area (Å²) in [7, 11) is 1.26. The van der Waals surface area contributed by atoms with E-state index in [2.05, 4.69) is 15.0 Å². The number of rotatable bonds is 3. The van der Waals surface area contributed by atoms with E-state index in [0.29, 0.717) is 18.5 Å². The van der Waals surface area contributed by atoms with Gasteiger partial charge in [0, 0.05) is 6.42 Å². The van der Waals surface area contributed by atoms with Crippen molar-refractivity contribution < 1.29 is 23.0 Å². The first-order chi connectivity index (χ1) is 10.6. The fourth-order valence-corrected chi connectivity index (χ4v) is 2.66. The fourth-order valence-electron chi connectivity index (χ4n) is 2.66. The number of ether oxygens (including phenoxy) is 2. The van der Waals surface area contributed by atoms with Crippen LogP contribution in [0, 0.1) is 0 Å². The van der Waals surface area contributed by atoms with Gasteiger partial charge in [-0.15, -0.1) is 5.10 Å². The van der Waals surface area contributed by atoms with Gasteiger partial charge in [-0.1, -0.05) is 5.21 Å². The Hall–Kier alpha value is -1.57. The molecule has 0 bridgehead atoms. The number of methoxy groups -OCH3 is 1. The lowest BCUT2D eigenvalue weighted by Gasteiger charge is -2.27. The largest absolute Gasteiger partial charge is 0.467 e. The van der Waals surface area contributed by atoms with Crippen molar-refractivity contribution >= 4 is 5.97 Å². The van der Waals surface area contributed by atoms with Crippen molar-refractivity contribution in [3.8, 4) is 0 Å². The highest BCUT2D eigenvalue weighted by Gasteiger charge is 2.41. The molecule has 0 aromatic carbocycles. The zero-order chi connectivity index (χ0) is 17.3. The number of hydrogen-bond donors (Lipinski definition) is 0. The molecule has 0 saturated carbocycles. The maximum Gasteiger partial charge on any atom is 0.331 e. The molecule has 0 fully saturated rings. The van der Waals surface area contributed by atoms with Gasteiger partial charge in [0.25, 0.3) is 5.92 Å². The molecule has 1 aromatic rings. The second-order valence-corrected chi connectivity index (χ2v) is 6.76. The minimum absolute atomic E-state index is 0.159. The molecule has 1 aromatic heterocycles. The number of hydrogen-bond acceptors (Lipinski definition) is 5. The molecule has 0 radical (unpaired) electrons. The van der Waals surface area contributed by atoms with Gasteiger partial charge in [-0.2, -0.15) is 8.78 Å². The Morgan fingerprint density at radius 1 is 1.39 bits per heavy atom. The normalized spacial score (nSPS) is 21.2. The topological polar surface area (TPSA) is 66.2 Å². The van der Waals surface area contributed by atoms with Gasteiger partial charge >= 0.3 is 5.97 Å². The Kier molecular flexibility index (Phi) is 5.03. The molecule has 8 heteroatoms. The van der Waals surface area contributed by atoms with Gasteiger partial charge in [0.1, 0.15) is 6.61 Å². The summed E-state index contributed by atoms with van der Waals surface area (Å²) in [6, 6.07) is 0. The third-order valence-corrected chi connectivity index (χ3v) is 3.89. The lowest BCUT2D eigenvalue weighted by atomic mass is 9.95. The molecule has 0 amide bonds. The maximum absolute atomic E-state index is 14.4. The summed E-state index contributed by atoms with van der Waals surface area (Å²) >= 11 is 0. The minimum Gasteiger partial charge on any atom is -0.467 e. The van der Waals surface area contributed by atoms with Crippen molar-refractivity contribution in [2.45, 2.75) is 64.0 Å². The van der Waals surface area contributed by atoms with Crippen LogP contribution in [0.4, 0.5) is 8.78 Å². The van der Waals surface area contributed by atoms with E-state index < -0.39 is 23.5 Å². The first kappa shape index (κ1) is 17.8. The molecule has 1 aliphatic rings. The van der Waals surface area contributed by atoms with Gasteiger partial charge in [-0.25, -0.2) is 9.48 Å². The highest BCUT2D eigenvalue weighted by atomic mass is 19.3. The van der Waals surface area contributed by atoms with Gasteiger partial charge in [0.2, 0.25) is 0 Å². The highest BCUT2D eigenvalue weighted by molar-refractivity contribution is 5.70. The standard InChI is InChI=1S/C15H23F2N3O3/c1-14(2,3)20-11-6-5-10(23-9-12(21)22-4)7-8-15(16,17)13(11)18-19-20/h10H,5-9H2,1-4H3. The third-order valence-electron chi connectivity index (χ3n) is 3.89. The van der Waals surface area contributed by atoms with Crippen molar-refractivity contribution in [1.82, 2.24) is 15.0 Å². The summed E-state index contributed by atoms with van der Waals surface area (Å²) in [5, 5.41) is 7.67. The Bertz CT molecular complexity index is 567. The Balaban J connectivity index is 2.21. The monoisotopic (exact) mass is 331 g/mol. The van der Waals surface area contributed by atoms with Crippen LogP contribution in [-0.2, 0) is 32.2 Å². The lowest BCUT2D eigenvalue weighted by molar-refractivity contribution is -0.148. The smallest absolute Gasteiger partial charge is 0.331 e. The highest BCUT2D eigenvalue weighted by Crippen LogP contribution is 2.38. The van der Waals surface area contributed by atoms with E-state index in [9.17, 15) is 13.6 Å². The summed E-state index contributed by atoms with van der Waals surface area (Å²) in [5.41, 5.74) is -0.231. The Morgan fingerprint density at radius 2 is 2.09 bits per heavy atom. The molecule has 1 atom stereocenters. The summed E-state index contributed by atoms with van der Waals surface area (Å²) in [6.07, 6.45) is 0.266. The van der Waals surface area contributed by atoms with E-state index in [1.165, 1.54) is 7.11 Å². The van der Waals surface area contributed by atoms with E-state index in [1.54, 1.807) is 4.68 Å². The molecule has 1 aliphatic carbocycles. The minimum atomic E-state index is -3.05. The van der Waals surface area contributed by atoms with Crippen LogP contribution < -0.4 is 0 Å². The van der Waals surface area contributed by atoms with Gasteiger partial charge in [0.05, 0.1) is 24.4 Å². The predicted molar refractivity (Wildman–Crippen MR) is 78.2 cm³/mol. The molecule has 0 spiro atoms. The molecule has 1 heterocycles. The van der Waals surface area contributed by atoms with Crippen molar-refractivity contribution in [3.05, 3.63) is 11.4 Å². The molecular weight excluding hydrogens is 308 g/mol. The number of alkyl halides is 2. The number of halogens is 2. The first-order valence-corrected chi connectivity index (χ1v) is 7.67. The van der Waals surface area contributed by atoms with Crippen molar-refractivity contribution in [2.24, 2.45) is 0 Å². The van der Waals surface area contributed by atoms with Crippen LogP contribution in [0.1, 0.15) is 51.4 Å². The molecule has 1 unspecified atom stereocenters. The number of fused-ring (bicyclic) bond motifs is 1. The molecule has 0 saturated heterocycles. The first-order valence-electron chi connectivity index (χ1n) is 7.67. The molecule has 2 rings (SSSR count). The predicted octanol–water partition coefficient (Wildman–Crippen LogP) is 2.41. The Labute approximate surface area is 134 Å². The molecule has 6 nitrogen and oxygen atoms in total. The second kappa shape index (κ2) is 6.51. The Morgan fingerprint density at radius 3 is 2.70 bits per heavy atom. The summed E-state index contributed by atoms with van der Waals surface area (Å²) in [5.74, 6) is -3.56. The van der Waals surface area contributed by atoms with Crippen LogP contribution in [-0.4, -0.2) is 40.8 Å². The average Bonchev–Trinajstić information content (AvgIpc) is 2.89. The van der Waals surface area contributed by atoms with Crippen LogP contribution >= 0.6 is 0 Å². The summed E-state index contributed by atoms with van der Waals surface area (Å²) in [6.45, 7) is 5.45. The number of aromatic nitrogens is 3. The van der Waals surface area contributed by atoms with Crippen LogP contribution in [0.25, 0.3) is 0 Å². The number of carbonyl (C=O) groups is 1. The molecule has 0 aliphatic heterocycles. The molecule has 0 N–H and O–H groups in total. The molecule has 130 valence electrons. The van der Waals surface area contributed by atoms with E-state index in [1.807, 2.05) is 20.8 Å². The van der Waals surface area contributed by atoms with Crippen molar-refractivity contribution in [2.75, 3.05) is 13.7 Å². The maximum atomic E-state index is 14.4. The average molecular weight is 331 g/mol. The van der Waals surface area contributed by atoms with Crippen LogP contribution in [0.5, 0.6) is 0 Å². The third kappa shape index (κ3) is 4.04.